The Morgan fingerprint density at radius 2 is 0.647 bits per heavy atom. The van der Waals surface area contributed by atoms with Crippen molar-refractivity contribution in [3.8, 4) is 0 Å². The molecule has 0 fully saturated rings. The molecule has 0 aromatic carbocycles. The van der Waals surface area contributed by atoms with Crippen LogP contribution in [0.3, 0.4) is 0 Å². The summed E-state index contributed by atoms with van der Waals surface area (Å²) >= 11 is 0. The van der Waals surface area contributed by atoms with E-state index in [1.54, 1.807) is 0 Å². The van der Waals surface area contributed by atoms with Crippen molar-refractivity contribution in [3.63, 3.8) is 0 Å². The Hall–Kier alpha value is -0.800. The highest BCUT2D eigenvalue weighted by atomic mass is 16.6. The van der Waals surface area contributed by atoms with Gasteiger partial charge in [0.05, 0.1) is 131 Å². The third-order valence-electron chi connectivity index (χ3n) is 7.19. The molecule has 0 aliphatic carbocycles. The van der Waals surface area contributed by atoms with E-state index in [0.717, 1.165) is 6.54 Å². The SMILES string of the molecule is CNCCOCCOCCOCCOCCOCCOCCOCCOCCN(C[C@H](O)[C@@H](O)[C@H](O)[C@H](O)CO)C[C@H](O)[C@@H](O)[C@H](O)[C@H](O)CO. The van der Waals surface area contributed by atoms with Crippen LogP contribution in [0, 0.1) is 0 Å². The summed E-state index contributed by atoms with van der Waals surface area (Å²) in [7, 11) is 1.87. The molecule has 0 saturated carbocycles. The summed E-state index contributed by atoms with van der Waals surface area (Å²) in [5, 5.41) is 101. The first-order valence-electron chi connectivity index (χ1n) is 17.3. The van der Waals surface area contributed by atoms with Gasteiger partial charge in [-0.3, -0.25) is 4.90 Å². The lowest BCUT2D eigenvalue weighted by molar-refractivity contribution is -0.131. The Morgan fingerprint density at radius 1 is 0.392 bits per heavy atom. The second-order valence-corrected chi connectivity index (χ2v) is 11.4. The molecule has 0 bridgehead atoms. The molecule has 0 spiro atoms. The van der Waals surface area contributed by atoms with Crippen LogP contribution in [-0.4, -0.2) is 257 Å². The van der Waals surface area contributed by atoms with Crippen LogP contribution in [0.15, 0.2) is 0 Å². The normalized spacial score (nSPS) is 16.9. The zero-order valence-corrected chi connectivity index (χ0v) is 29.9. The Morgan fingerprint density at radius 3 is 0.922 bits per heavy atom. The summed E-state index contributed by atoms with van der Waals surface area (Å²) in [6.45, 7) is 4.79. The van der Waals surface area contributed by atoms with Gasteiger partial charge in [-0.25, -0.2) is 0 Å². The van der Waals surface area contributed by atoms with E-state index in [0.29, 0.717) is 85.9 Å². The number of nitrogens with zero attached hydrogens (tertiary/aromatic N) is 1. The molecule has 11 N–H and O–H groups in total. The minimum absolute atomic E-state index is 0.0384. The van der Waals surface area contributed by atoms with Gasteiger partial charge in [-0.05, 0) is 7.05 Å². The number of aliphatic hydroxyl groups excluding tert-OH is 10. The molecule has 0 aliphatic rings. The second-order valence-electron chi connectivity index (χ2n) is 11.4. The zero-order chi connectivity index (χ0) is 38.1. The van der Waals surface area contributed by atoms with Crippen molar-refractivity contribution in [1.29, 1.82) is 0 Å². The molecule has 0 heterocycles. The van der Waals surface area contributed by atoms with E-state index in [9.17, 15) is 40.9 Å². The quantitative estimate of drug-likeness (QED) is 0.0260. The molecule has 0 aromatic rings. The fourth-order valence-electron chi connectivity index (χ4n) is 4.14. The maximum atomic E-state index is 10.4. The fraction of sp³-hybridized carbons (Fsp3) is 1.00. The predicted molar refractivity (Wildman–Crippen MR) is 179 cm³/mol. The van der Waals surface area contributed by atoms with Crippen molar-refractivity contribution in [1.82, 2.24) is 10.2 Å². The van der Waals surface area contributed by atoms with Crippen molar-refractivity contribution in [2.24, 2.45) is 0 Å². The van der Waals surface area contributed by atoms with Crippen LogP contribution in [0.25, 0.3) is 0 Å². The highest BCUT2D eigenvalue weighted by Gasteiger charge is 2.34. The summed E-state index contributed by atoms with van der Waals surface area (Å²) in [6.07, 6.45) is -14.2. The first-order chi connectivity index (χ1) is 24.6. The monoisotopic (exact) mass is 754 g/mol. The predicted octanol–water partition coefficient (Wildman–Crippen LogP) is -6.49. The number of nitrogens with one attached hydrogen (secondary N) is 1. The number of rotatable bonds is 39. The van der Waals surface area contributed by atoms with E-state index in [1.165, 1.54) is 4.90 Å². The van der Waals surface area contributed by atoms with Gasteiger partial charge in [-0.2, -0.15) is 0 Å². The lowest BCUT2D eigenvalue weighted by Crippen LogP contribution is -2.53. The van der Waals surface area contributed by atoms with Gasteiger partial charge in [-0.15, -0.1) is 0 Å². The van der Waals surface area contributed by atoms with Crippen molar-refractivity contribution < 1.29 is 89.0 Å². The third-order valence-corrected chi connectivity index (χ3v) is 7.19. The van der Waals surface area contributed by atoms with Gasteiger partial charge in [0.15, 0.2) is 0 Å². The summed E-state index contributed by atoms with van der Waals surface area (Å²) in [4.78, 5) is 1.35. The number of likely N-dealkylation sites (N-methyl/N-ethyl adjacent to an activating group) is 1. The van der Waals surface area contributed by atoms with E-state index in [2.05, 4.69) is 5.32 Å². The van der Waals surface area contributed by atoms with Gasteiger partial charge < -0.3 is 94.3 Å². The molecular formula is C31H66N2O18. The van der Waals surface area contributed by atoms with Crippen LogP contribution in [-0.2, 0) is 37.9 Å². The summed E-state index contributed by atoms with van der Waals surface area (Å²) in [6, 6.07) is 0. The Kier molecular flexibility index (Phi) is 34.4. The van der Waals surface area contributed by atoms with Crippen LogP contribution in [0.4, 0.5) is 0 Å². The highest BCUT2D eigenvalue weighted by Crippen LogP contribution is 2.11. The number of hydrogen-bond acceptors (Lipinski definition) is 20. The molecular weight excluding hydrogens is 688 g/mol. The largest absolute Gasteiger partial charge is 0.394 e. The number of aliphatic hydroxyl groups is 10. The van der Waals surface area contributed by atoms with Crippen LogP contribution < -0.4 is 5.32 Å². The van der Waals surface area contributed by atoms with E-state index in [4.69, 9.17) is 48.1 Å². The van der Waals surface area contributed by atoms with Gasteiger partial charge in [0.25, 0.3) is 0 Å². The average Bonchev–Trinajstić information content (AvgIpc) is 3.13. The lowest BCUT2D eigenvalue weighted by Gasteiger charge is -2.33. The van der Waals surface area contributed by atoms with Gasteiger partial charge in [0.1, 0.15) is 36.6 Å². The standard InChI is InChI=1S/C31H66N2O18/c1-32-2-4-44-6-8-46-10-12-48-14-16-50-18-19-51-17-15-49-13-11-47-9-7-45-5-3-33(20-24(36)28(40)30(42)26(38)22-34)21-25(37)29(41)31(43)27(39)23-35/h24-32,34-43H,2-23H2,1H3/t24-,25-,26+,27+,28+,29+,30+,31+/m0/s1. The average molecular weight is 755 g/mol. The fourth-order valence-corrected chi connectivity index (χ4v) is 4.14. The molecule has 0 aromatic heterocycles. The molecule has 0 saturated heterocycles. The molecule has 0 aliphatic heterocycles. The first kappa shape index (κ1) is 50.2. The van der Waals surface area contributed by atoms with Crippen LogP contribution >= 0.6 is 0 Å². The maximum absolute atomic E-state index is 10.4. The van der Waals surface area contributed by atoms with E-state index in [-0.39, 0.29) is 39.5 Å². The maximum Gasteiger partial charge on any atom is 0.111 e. The molecule has 0 unspecified atom stereocenters. The van der Waals surface area contributed by atoms with Crippen LogP contribution in [0.5, 0.6) is 0 Å². The molecule has 20 nitrogen and oxygen atoms in total. The van der Waals surface area contributed by atoms with Crippen LogP contribution in [0.1, 0.15) is 0 Å². The van der Waals surface area contributed by atoms with Gasteiger partial charge in [-0.1, -0.05) is 0 Å². The number of ether oxygens (including phenoxy) is 8. The van der Waals surface area contributed by atoms with Crippen molar-refractivity contribution in [2.45, 2.75) is 48.8 Å². The molecule has 0 radical (unpaired) electrons. The summed E-state index contributed by atoms with van der Waals surface area (Å²) in [5.41, 5.74) is 0. The van der Waals surface area contributed by atoms with E-state index >= 15 is 0 Å². The van der Waals surface area contributed by atoms with Crippen LogP contribution in [0.2, 0.25) is 0 Å². The topological polar surface area (TPSA) is 291 Å². The van der Waals surface area contributed by atoms with Gasteiger partial charge in [0, 0.05) is 26.2 Å². The van der Waals surface area contributed by atoms with E-state index < -0.39 is 62.0 Å². The molecule has 51 heavy (non-hydrogen) atoms. The lowest BCUT2D eigenvalue weighted by atomic mass is 10.0. The molecule has 0 amide bonds. The van der Waals surface area contributed by atoms with Gasteiger partial charge >= 0.3 is 0 Å². The molecule has 20 heteroatoms. The molecule has 8 atom stereocenters. The number of hydrogen-bond donors (Lipinski definition) is 11. The minimum Gasteiger partial charge on any atom is -0.394 e. The Balaban J connectivity index is 4.00. The highest BCUT2D eigenvalue weighted by molar-refractivity contribution is 4.86. The molecule has 308 valence electrons. The Labute approximate surface area is 300 Å². The summed E-state index contributed by atoms with van der Waals surface area (Å²) < 4.78 is 43.4. The summed E-state index contributed by atoms with van der Waals surface area (Å²) in [5.74, 6) is 0. The van der Waals surface area contributed by atoms with Crippen molar-refractivity contribution in [2.75, 3.05) is 152 Å². The first-order valence-corrected chi connectivity index (χ1v) is 17.3. The zero-order valence-electron chi connectivity index (χ0n) is 29.9. The Bertz CT molecular complexity index is 708. The van der Waals surface area contributed by atoms with Crippen molar-refractivity contribution >= 4 is 0 Å². The van der Waals surface area contributed by atoms with Gasteiger partial charge in [0.2, 0.25) is 0 Å². The van der Waals surface area contributed by atoms with Crippen molar-refractivity contribution in [3.05, 3.63) is 0 Å². The van der Waals surface area contributed by atoms with E-state index in [1.807, 2.05) is 7.05 Å². The molecule has 0 rings (SSSR count). The second kappa shape index (κ2) is 34.9. The minimum atomic E-state index is -1.87. The third kappa shape index (κ3) is 27.4. The smallest absolute Gasteiger partial charge is 0.111 e.